The highest BCUT2D eigenvalue weighted by Crippen LogP contribution is 2.27. The van der Waals surface area contributed by atoms with Gasteiger partial charge in [0.25, 0.3) is 0 Å². The molecule has 5 aromatic rings. The molecule has 0 atom stereocenters. The SMILES string of the molecule is COc1ccccc1-n1c(=O)[nH]c2cnc(-c3cccc4[nH]ncc34)nc21. The second-order valence-electron chi connectivity index (χ2n) is 6.01. The number of nitrogens with one attached hydrogen (secondary N) is 2. The number of nitrogens with zero attached hydrogens (tertiary/aromatic N) is 4. The van der Waals surface area contributed by atoms with Gasteiger partial charge in [0.2, 0.25) is 0 Å². The molecule has 0 saturated carbocycles. The second-order valence-corrected chi connectivity index (χ2v) is 6.01. The fourth-order valence-electron chi connectivity index (χ4n) is 3.23. The first-order chi connectivity index (χ1) is 13.3. The van der Waals surface area contributed by atoms with Crippen LogP contribution in [0.2, 0.25) is 0 Å². The van der Waals surface area contributed by atoms with E-state index >= 15 is 0 Å². The predicted molar refractivity (Wildman–Crippen MR) is 101 cm³/mol. The number of hydrogen-bond acceptors (Lipinski definition) is 5. The molecule has 2 aromatic carbocycles. The van der Waals surface area contributed by atoms with Crippen LogP contribution in [-0.4, -0.2) is 36.8 Å². The van der Waals surface area contributed by atoms with Crippen LogP contribution in [0.25, 0.3) is 39.1 Å². The zero-order chi connectivity index (χ0) is 18.4. The molecule has 3 heterocycles. The summed E-state index contributed by atoms with van der Waals surface area (Å²) in [5.41, 5.74) is 3.07. The first kappa shape index (κ1) is 15.3. The van der Waals surface area contributed by atoms with E-state index in [1.807, 2.05) is 36.4 Å². The predicted octanol–water partition coefficient (Wildman–Crippen LogP) is 2.66. The molecule has 0 saturated heterocycles. The van der Waals surface area contributed by atoms with E-state index in [2.05, 4.69) is 25.1 Å². The Hall–Kier alpha value is -3.94. The molecule has 0 fully saturated rings. The van der Waals surface area contributed by atoms with Crippen molar-refractivity contribution in [3.05, 3.63) is 65.3 Å². The lowest BCUT2D eigenvalue weighted by Crippen LogP contribution is -2.15. The van der Waals surface area contributed by atoms with E-state index in [1.54, 1.807) is 25.6 Å². The lowest BCUT2D eigenvalue weighted by molar-refractivity contribution is 0.413. The zero-order valence-corrected chi connectivity index (χ0v) is 14.3. The van der Waals surface area contributed by atoms with Gasteiger partial charge in [-0.2, -0.15) is 5.10 Å². The summed E-state index contributed by atoms with van der Waals surface area (Å²) in [6, 6.07) is 13.1. The van der Waals surface area contributed by atoms with Gasteiger partial charge in [-0.1, -0.05) is 24.3 Å². The molecular formula is C19H14N6O2. The van der Waals surface area contributed by atoms with Crippen LogP contribution in [0.1, 0.15) is 0 Å². The largest absolute Gasteiger partial charge is 0.495 e. The summed E-state index contributed by atoms with van der Waals surface area (Å²) >= 11 is 0. The molecule has 27 heavy (non-hydrogen) atoms. The van der Waals surface area contributed by atoms with Crippen LogP contribution in [0.4, 0.5) is 0 Å². The lowest BCUT2D eigenvalue weighted by atomic mass is 10.1. The van der Waals surface area contributed by atoms with Crippen LogP contribution in [0, 0.1) is 0 Å². The van der Waals surface area contributed by atoms with Crippen molar-refractivity contribution < 1.29 is 4.74 Å². The molecule has 0 aliphatic carbocycles. The molecular weight excluding hydrogens is 344 g/mol. The smallest absolute Gasteiger partial charge is 0.332 e. The van der Waals surface area contributed by atoms with E-state index in [0.29, 0.717) is 28.4 Å². The third-order valence-electron chi connectivity index (χ3n) is 4.48. The Labute approximate surface area is 152 Å². The number of imidazole rings is 1. The average molecular weight is 358 g/mol. The zero-order valence-electron chi connectivity index (χ0n) is 14.3. The number of methoxy groups -OCH3 is 1. The van der Waals surface area contributed by atoms with Crippen LogP contribution in [0.5, 0.6) is 5.75 Å². The molecule has 2 N–H and O–H groups in total. The number of aromatic nitrogens is 6. The van der Waals surface area contributed by atoms with Crippen molar-refractivity contribution in [2.75, 3.05) is 7.11 Å². The Kier molecular flexibility index (Phi) is 3.29. The normalized spacial score (nSPS) is 11.3. The quantitative estimate of drug-likeness (QED) is 0.516. The van der Waals surface area contributed by atoms with Gasteiger partial charge in [-0.25, -0.2) is 19.3 Å². The minimum absolute atomic E-state index is 0.303. The third kappa shape index (κ3) is 2.30. The van der Waals surface area contributed by atoms with Gasteiger partial charge in [-0.15, -0.1) is 0 Å². The molecule has 3 aromatic heterocycles. The van der Waals surface area contributed by atoms with Crippen molar-refractivity contribution in [2.24, 2.45) is 0 Å². The van der Waals surface area contributed by atoms with Crippen LogP contribution < -0.4 is 10.4 Å². The molecule has 0 bridgehead atoms. The summed E-state index contributed by atoms with van der Waals surface area (Å²) in [7, 11) is 1.57. The maximum atomic E-state index is 12.6. The summed E-state index contributed by atoms with van der Waals surface area (Å²) in [6.07, 6.45) is 3.35. The average Bonchev–Trinajstić information content (AvgIpc) is 3.30. The van der Waals surface area contributed by atoms with Gasteiger partial charge in [-0.3, -0.25) is 5.10 Å². The van der Waals surface area contributed by atoms with Crippen molar-refractivity contribution in [2.45, 2.75) is 0 Å². The molecule has 0 aliphatic rings. The van der Waals surface area contributed by atoms with E-state index in [9.17, 15) is 4.79 Å². The number of para-hydroxylation sites is 2. The Bertz CT molecular complexity index is 1350. The molecule has 8 nitrogen and oxygen atoms in total. The highest BCUT2D eigenvalue weighted by atomic mass is 16.5. The summed E-state index contributed by atoms with van der Waals surface area (Å²) < 4.78 is 6.90. The van der Waals surface area contributed by atoms with Crippen LogP contribution in [0.3, 0.4) is 0 Å². The molecule has 0 radical (unpaired) electrons. The van der Waals surface area contributed by atoms with Crippen molar-refractivity contribution in [3.63, 3.8) is 0 Å². The number of fused-ring (bicyclic) bond motifs is 2. The van der Waals surface area contributed by atoms with Crippen molar-refractivity contribution in [1.29, 1.82) is 0 Å². The van der Waals surface area contributed by atoms with Gasteiger partial charge in [0.15, 0.2) is 11.5 Å². The van der Waals surface area contributed by atoms with Gasteiger partial charge in [0, 0.05) is 10.9 Å². The molecule has 0 unspecified atom stereocenters. The minimum atomic E-state index is -0.303. The molecule has 0 amide bonds. The minimum Gasteiger partial charge on any atom is -0.495 e. The Balaban J connectivity index is 1.79. The molecule has 0 spiro atoms. The summed E-state index contributed by atoms with van der Waals surface area (Å²) in [6.45, 7) is 0. The number of rotatable bonds is 3. The second kappa shape index (κ2) is 5.80. The van der Waals surface area contributed by atoms with Gasteiger partial charge in [0.1, 0.15) is 11.3 Å². The van der Waals surface area contributed by atoms with Crippen LogP contribution in [-0.2, 0) is 0 Å². The number of aromatic amines is 2. The van der Waals surface area contributed by atoms with E-state index in [-0.39, 0.29) is 5.69 Å². The van der Waals surface area contributed by atoms with Gasteiger partial charge in [-0.05, 0) is 18.2 Å². The van der Waals surface area contributed by atoms with E-state index in [1.165, 1.54) is 4.57 Å². The Morgan fingerprint density at radius 1 is 1.04 bits per heavy atom. The van der Waals surface area contributed by atoms with Gasteiger partial charge < -0.3 is 9.72 Å². The highest BCUT2D eigenvalue weighted by molar-refractivity contribution is 5.93. The van der Waals surface area contributed by atoms with Crippen molar-refractivity contribution in [1.82, 2.24) is 29.7 Å². The standard InChI is InChI=1S/C19H14N6O2/c1-27-16-8-3-2-7-15(16)25-18-14(22-19(25)26)10-20-17(23-18)11-5-4-6-13-12(11)9-21-24-13/h2-10H,1H3,(H,21,24)(H,22,26). The first-order valence-electron chi connectivity index (χ1n) is 8.30. The molecule has 5 rings (SSSR count). The number of hydrogen-bond donors (Lipinski definition) is 2. The van der Waals surface area contributed by atoms with E-state index < -0.39 is 0 Å². The van der Waals surface area contributed by atoms with E-state index in [4.69, 9.17) is 4.74 Å². The van der Waals surface area contributed by atoms with Crippen LogP contribution in [0.15, 0.2) is 59.7 Å². The molecule has 8 heteroatoms. The van der Waals surface area contributed by atoms with E-state index in [0.717, 1.165) is 16.5 Å². The summed E-state index contributed by atoms with van der Waals surface area (Å²) in [4.78, 5) is 24.5. The van der Waals surface area contributed by atoms with Gasteiger partial charge in [0.05, 0.1) is 30.7 Å². The van der Waals surface area contributed by atoms with Crippen molar-refractivity contribution >= 4 is 22.1 Å². The number of H-pyrrole nitrogens is 2. The fraction of sp³-hybridized carbons (Fsp3) is 0.0526. The lowest BCUT2D eigenvalue weighted by Gasteiger charge is -2.09. The van der Waals surface area contributed by atoms with Crippen molar-refractivity contribution in [3.8, 4) is 22.8 Å². The van der Waals surface area contributed by atoms with Crippen LogP contribution >= 0.6 is 0 Å². The first-order valence-corrected chi connectivity index (χ1v) is 8.30. The fourth-order valence-corrected chi connectivity index (χ4v) is 3.23. The topological polar surface area (TPSA) is 101 Å². The molecule has 132 valence electrons. The maximum Gasteiger partial charge on any atom is 0.332 e. The summed E-state index contributed by atoms with van der Waals surface area (Å²) in [5.74, 6) is 1.09. The molecule has 0 aliphatic heterocycles. The van der Waals surface area contributed by atoms with Gasteiger partial charge >= 0.3 is 5.69 Å². The number of benzene rings is 2. The highest BCUT2D eigenvalue weighted by Gasteiger charge is 2.16. The summed E-state index contributed by atoms with van der Waals surface area (Å²) in [5, 5.41) is 7.94. The Morgan fingerprint density at radius 3 is 2.81 bits per heavy atom. The monoisotopic (exact) mass is 358 g/mol. The maximum absolute atomic E-state index is 12.6. The number of ether oxygens (including phenoxy) is 1. The Morgan fingerprint density at radius 2 is 1.93 bits per heavy atom. The third-order valence-corrected chi connectivity index (χ3v) is 4.48.